The number of nitrogens with zero attached hydrogens (tertiary/aromatic N) is 5. The van der Waals surface area contributed by atoms with E-state index in [1.54, 1.807) is 16.5 Å². The van der Waals surface area contributed by atoms with E-state index in [1.165, 1.54) is 17.9 Å². The van der Waals surface area contributed by atoms with Crippen LogP contribution in [-0.2, 0) is 30.2 Å². The highest BCUT2D eigenvalue weighted by molar-refractivity contribution is 5.77. The summed E-state index contributed by atoms with van der Waals surface area (Å²) in [6.45, 7) is 1.12. The number of fused-ring (bicyclic) bond motifs is 1. The number of carbonyl (C=O) groups is 2. The molecule has 3 heterocycles. The first-order chi connectivity index (χ1) is 12.3. The molecule has 0 aliphatic carbocycles. The van der Waals surface area contributed by atoms with Gasteiger partial charge in [-0.2, -0.15) is 0 Å². The second kappa shape index (κ2) is 6.77. The molecule has 3 rings (SSSR count). The Bertz CT molecular complexity index is 977. The van der Waals surface area contributed by atoms with E-state index in [4.69, 9.17) is 5.11 Å². The van der Waals surface area contributed by atoms with Crippen molar-refractivity contribution in [3.63, 3.8) is 0 Å². The number of aromatic nitrogens is 4. The summed E-state index contributed by atoms with van der Waals surface area (Å²) in [7, 11) is 2.94. The Morgan fingerprint density at radius 2 is 1.85 bits per heavy atom. The fourth-order valence-corrected chi connectivity index (χ4v) is 3.32. The van der Waals surface area contributed by atoms with Crippen molar-refractivity contribution in [2.75, 3.05) is 13.1 Å². The number of carboxylic acid groups (broad SMARTS) is 1. The average Bonchev–Trinajstić information content (AvgIpc) is 3.06. The number of aryl methyl sites for hydroxylation is 2. The van der Waals surface area contributed by atoms with Crippen LogP contribution in [0.5, 0.6) is 0 Å². The summed E-state index contributed by atoms with van der Waals surface area (Å²) in [5.74, 6) is -1.29. The summed E-state index contributed by atoms with van der Waals surface area (Å²) in [4.78, 5) is 53.4. The molecule has 0 bridgehead atoms. The number of aliphatic carboxylic acids is 1. The van der Waals surface area contributed by atoms with Gasteiger partial charge in [0.25, 0.3) is 5.56 Å². The van der Waals surface area contributed by atoms with Crippen LogP contribution >= 0.6 is 0 Å². The van der Waals surface area contributed by atoms with E-state index < -0.39 is 17.2 Å². The molecule has 1 N–H and O–H groups in total. The van der Waals surface area contributed by atoms with E-state index >= 15 is 0 Å². The molecule has 1 aliphatic rings. The van der Waals surface area contributed by atoms with Crippen LogP contribution in [0, 0.1) is 5.92 Å². The lowest BCUT2D eigenvalue weighted by Crippen LogP contribution is -2.40. The number of amides is 1. The molecular formula is C16H21N5O5. The highest BCUT2D eigenvalue weighted by Crippen LogP contribution is 2.18. The van der Waals surface area contributed by atoms with Crippen molar-refractivity contribution in [1.82, 2.24) is 23.6 Å². The van der Waals surface area contributed by atoms with E-state index in [0.717, 1.165) is 4.57 Å². The molecule has 1 fully saturated rings. The van der Waals surface area contributed by atoms with Crippen LogP contribution in [0.2, 0.25) is 0 Å². The van der Waals surface area contributed by atoms with Crippen LogP contribution in [0.15, 0.2) is 15.9 Å². The Hall–Kier alpha value is -2.91. The van der Waals surface area contributed by atoms with Crippen molar-refractivity contribution in [1.29, 1.82) is 0 Å². The maximum atomic E-state index is 12.4. The van der Waals surface area contributed by atoms with Crippen molar-refractivity contribution < 1.29 is 14.7 Å². The number of carboxylic acids is 1. The Labute approximate surface area is 148 Å². The number of hydrogen-bond acceptors (Lipinski definition) is 5. The van der Waals surface area contributed by atoms with Crippen molar-refractivity contribution >= 4 is 23.0 Å². The largest absolute Gasteiger partial charge is 0.481 e. The van der Waals surface area contributed by atoms with Crippen molar-refractivity contribution in [3.05, 3.63) is 27.2 Å². The fraction of sp³-hybridized carbons (Fsp3) is 0.562. The molecule has 0 saturated carbocycles. The SMILES string of the molecule is Cn1c(=O)c2c(ncn2CCC(=O)N2CCC(C(=O)O)CC2)n(C)c1=O. The lowest BCUT2D eigenvalue weighted by Gasteiger charge is -2.30. The topological polar surface area (TPSA) is 119 Å². The first-order valence-corrected chi connectivity index (χ1v) is 8.42. The summed E-state index contributed by atoms with van der Waals surface area (Å²) in [5, 5.41) is 9.01. The summed E-state index contributed by atoms with van der Waals surface area (Å²) in [5.41, 5.74) is -0.333. The molecule has 1 aliphatic heterocycles. The van der Waals surface area contributed by atoms with Crippen LogP contribution in [0.3, 0.4) is 0 Å². The Kier molecular flexibility index (Phi) is 4.66. The zero-order chi connectivity index (χ0) is 19.0. The standard InChI is InChI=1S/C16H21N5O5/c1-18-13-12(14(23)19(2)16(18)26)21(9-17-13)8-5-11(22)20-6-3-10(4-7-20)15(24)25/h9-10H,3-8H2,1-2H3,(H,24,25). The quantitative estimate of drug-likeness (QED) is 0.755. The first kappa shape index (κ1) is 17.9. The van der Waals surface area contributed by atoms with Gasteiger partial charge in [-0.05, 0) is 12.8 Å². The van der Waals surface area contributed by atoms with Gasteiger partial charge in [0.15, 0.2) is 11.2 Å². The third-order valence-corrected chi connectivity index (χ3v) is 4.98. The van der Waals surface area contributed by atoms with Crippen molar-refractivity contribution in [2.45, 2.75) is 25.8 Å². The van der Waals surface area contributed by atoms with Crippen molar-refractivity contribution in [3.8, 4) is 0 Å². The molecule has 2 aromatic rings. The number of piperidine rings is 1. The lowest BCUT2D eigenvalue weighted by molar-refractivity contribution is -0.145. The minimum absolute atomic E-state index is 0.0858. The number of carbonyl (C=O) groups excluding carboxylic acids is 1. The third kappa shape index (κ3) is 3.02. The van der Waals surface area contributed by atoms with Crippen LogP contribution in [-0.4, -0.2) is 53.7 Å². The number of imidazole rings is 1. The van der Waals surface area contributed by atoms with Gasteiger partial charge in [-0.25, -0.2) is 9.78 Å². The highest BCUT2D eigenvalue weighted by atomic mass is 16.4. The van der Waals surface area contributed by atoms with Crippen LogP contribution < -0.4 is 11.2 Å². The molecule has 10 nitrogen and oxygen atoms in total. The molecule has 0 unspecified atom stereocenters. The second-order valence-electron chi connectivity index (χ2n) is 6.56. The number of hydrogen-bond donors (Lipinski definition) is 1. The van der Waals surface area contributed by atoms with Gasteiger partial charge in [0.05, 0.1) is 12.2 Å². The smallest absolute Gasteiger partial charge is 0.332 e. The summed E-state index contributed by atoms with van der Waals surface area (Å²) >= 11 is 0. The molecule has 0 atom stereocenters. The monoisotopic (exact) mass is 363 g/mol. The summed E-state index contributed by atoms with van der Waals surface area (Å²) in [6, 6.07) is 0. The minimum atomic E-state index is -0.816. The summed E-state index contributed by atoms with van der Waals surface area (Å²) in [6.07, 6.45) is 2.54. The van der Waals surface area contributed by atoms with Gasteiger partial charge in [-0.15, -0.1) is 0 Å². The lowest BCUT2D eigenvalue weighted by atomic mass is 9.97. The molecule has 26 heavy (non-hydrogen) atoms. The van der Waals surface area contributed by atoms with Gasteiger partial charge in [-0.1, -0.05) is 0 Å². The zero-order valence-electron chi connectivity index (χ0n) is 14.7. The first-order valence-electron chi connectivity index (χ1n) is 8.42. The second-order valence-corrected chi connectivity index (χ2v) is 6.56. The fourth-order valence-electron chi connectivity index (χ4n) is 3.32. The van der Waals surface area contributed by atoms with E-state index in [2.05, 4.69) is 4.98 Å². The van der Waals surface area contributed by atoms with Gasteiger partial charge >= 0.3 is 11.7 Å². The van der Waals surface area contributed by atoms with Gasteiger partial charge in [-0.3, -0.25) is 23.5 Å². The molecule has 0 spiro atoms. The number of rotatable bonds is 4. The molecule has 140 valence electrons. The average molecular weight is 363 g/mol. The Balaban J connectivity index is 1.73. The van der Waals surface area contributed by atoms with Gasteiger partial charge < -0.3 is 14.6 Å². The zero-order valence-corrected chi connectivity index (χ0v) is 14.7. The maximum absolute atomic E-state index is 12.4. The predicted octanol–water partition coefficient (Wildman–Crippen LogP) is -0.853. The molecule has 0 aromatic carbocycles. The summed E-state index contributed by atoms with van der Waals surface area (Å²) < 4.78 is 3.89. The molecule has 0 radical (unpaired) electrons. The van der Waals surface area contributed by atoms with E-state index in [-0.39, 0.29) is 36.0 Å². The third-order valence-electron chi connectivity index (χ3n) is 4.98. The van der Waals surface area contributed by atoms with Crippen molar-refractivity contribution in [2.24, 2.45) is 20.0 Å². The van der Waals surface area contributed by atoms with Crippen LogP contribution in [0.4, 0.5) is 0 Å². The minimum Gasteiger partial charge on any atom is -0.481 e. The number of likely N-dealkylation sites (tertiary alicyclic amines) is 1. The van der Waals surface area contributed by atoms with E-state index in [0.29, 0.717) is 25.9 Å². The van der Waals surface area contributed by atoms with Gasteiger partial charge in [0.2, 0.25) is 5.91 Å². The Morgan fingerprint density at radius 3 is 2.46 bits per heavy atom. The van der Waals surface area contributed by atoms with Gasteiger partial charge in [0, 0.05) is 40.2 Å². The Morgan fingerprint density at radius 1 is 1.19 bits per heavy atom. The van der Waals surface area contributed by atoms with E-state index in [9.17, 15) is 19.2 Å². The molecule has 2 aromatic heterocycles. The molecule has 10 heteroatoms. The molecular weight excluding hydrogens is 342 g/mol. The predicted molar refractivity (Wildman–Crippen MR) is 91.8 cm³/mol. The van der Waals surface area contributed by atoms with Crippen LogP contribution in [0.25, 0.3) is 11.2 Å². The highest BCUT2D eigenvalue weighted by Gasteiger charge is 2.26. The molecule has 1 amide bonds. The van der Waals surface area contributed by atoms with Crippen LogP contribution in [0.1, 0.15) is 19.3 Å². The normalized spacial score (nSPS) is 15.5. The van der Waals surface area contributed by atoms with E-state index in [1.807, 2.05) is 0 Å². The molecule has 1 saturated heterocycles. The maximum Gasteiger partial charge on any atom is 0.332 e. The van der Waals surface area contributed by atoms with Gasteiger partial charge in [0.1, 0.15) is 0 Å².